The fraction of sp³-hybridized carbons (Fsp3) is 0. The quantitative estimate of drug-likeness (QED) is 0.277. The SMILES string of the molecule is Nc1[nH]c(-c2cccc(NC(=O)c3cc4cc([N+](=O)[O-])ccc4[nH]3)c2)c[nH+]1.[Cl-]. The number of non-ortho nitro benzene ring substituents is 1. The maximum Gasteiger partial charge on any atom is 0.350 e. The molecular weight excluding hydrogens is 384 g/mol. The highest BCUT2D eigenvalue weighted by Gasteiger charge is 2.14. The van der Waals surface area contributed by atoms with Crippen molar-refractivity contribution in [3.8, 4) is 11.3 Å². The summed E-state index contributed by atoms with van der Waals surface area (Å²) in [6.07, 6.45) is 1.74. The summed E-state index contributed by atoms with van der Waals surface area (Å²) in [5.41, 5.74) is 8.84. The molecule has 6 N–H and O–H groups in total. The van der Waals surface area contributed by atoms with Gasteiger partial charge in [0.15, 0.2) is 0 Å². The van der Waals surface area contributed by atoms with Crippen LogP contribution >= 0.6 is 0 Å². The van der Waals surface area contributed by atoms with Gasteiger partial charge in [-0.2, -0.15) is 0 Å². The van der Waals surface area contributed by atoms with Crippen LogP contribution in [0.5, 0.6) is 0 Å². The normalized spacial score (nSPS) is 10.4. The van der Waals surface area contributed by atoms with E-state index in [1.165, 1.54) is 12.1 Å². The number of benzene rings is 2. The topological polar surface area (TPSA) is 144 Å². The number of carbonyl (C=O) groups is 1. The molecule has 1 amide bonds. The molecule has 10 heteroatoms. The van der Waals surface area contributed by atoms with E-state index in [9.17, 15) is 14.9 Å². The first kappa shape index (κ1) is 18.9. The van der Waals surface area contributed by atoms with Crippen molar-refractivity contribution in [2.75, 3.05) is 11.1 Å². The Morgan fingerprint density at radius 1 is 1.14 bits per heavy atom. The highest BCUT2D eigenvalue weighted by atomic mass is 35.5. The molecule has 9 nitrogen and oxygen atoms in total. The van der Waals surface area contributed by atoms with Crippen LogP contribution in [0.3, 0.4) is 0 Å². The van der Waals surface area contributed by atoms with E-state index < -0.39 is 4.92 Å². The molecule has 2 heterocycles. The lowest BCUT2D eigenvalue weighted by molar-refractivity contribution is -0.384. The number of anilines is 2. The molecule has 0 fully saturated rings. The second kappa shape index (κ2) is 7.41. The van der Waals surface area contributed by atoms with E-state index in [4.69, 9.17) is 5.73 Å². The lowest BCUT2D eigenvalue weighted by Gasteiger charge is -2.05. The molecule has 0 saturated carbocycles. The van der Waals surface area contributed by atoms with E-state index in [1.807, 2.05) is 18.2 Å². The van der Waals surface area contributed by atoms with Gasteiger partial charge in [0.1, 0.15) is 17.6 Å². The van der Waals surface area contributed by atoms with Gasteiger partial charge >= 0.3 is 5.95 Å². The zero-order valence-electron chi connectivity index (χ0n) is 14.3. The number of imidazole rings is 1. The molecule has 2 aromatic carbocycles. The average molecular weight is 399 g/mol. The van der Waals surface area contributed by atoms with E-state index in [-0.39, 0.29) is 24.0 Å². The fourth-order valence-corrected chi connectivity index (χ4v) is 2.84. The van der Waals surface area contributed by atoms with Crippen molar-refractivity contribution in [3.05, 3.63) is 70.5 Å². The molecule has 0 aliphatic carbocycles. The molecule has 0 spiro atoms. The number of nitrogen functional groups attached to an aromatic ring is 1. The number of nitrogens with one attached hydrogen (secondary N) is 4. The van der Waals surface area contributed by atoms with E-state index >= 15 is 0 Å². The number of aromatic nitrogens is 3. The van der Waals surface area contributed by atoms with E-state index in [0.717, 1.165) is 11.3 Å². The zero-order valence-corrected chi connectivity index (χ0v) is 15.1. The van der Waals surface area contributed by atoms with Gasteiger partial charge in [0.2, 0.25) is 0 Å². The Kier molecular flexibility index (Phi) is 5.01. The number of nitro groups is 1. The van der Waals surface area contributed by atoms with Crippen LogP contribution < -0.4 is 28.4 Å². The van der Waals surface area contributed by atoms with Crippen molar-refractivity contribution in [2.45, 2.75) is 0 Å². The van der Waals surface area contributed by atoms with Crippen LogP contribution in [0.2, 0.25) is 0 Å². The maximum absolute atomic E-state index is 12.5. The van der Waals surface area contributed by atoms with Crippen LogP contribution in [0.15, 0.2) is 54.7 Å². The number of rotatable bonds is 4. The number of amides is 1. The highest BCUT2D eigenvalue weighted by Crippen LogP contribution is 2.23. The van der Waals surface area contributed by atoms with Gasteiger partial charge in [-0.05, 0) is 24.3 Å². The highest BCUT2D eigenvalue weighted by molar-refractivity contribution is 6.06. The zero-order chi connectivity index (χ0) is 19.0. The van der Waals surface area contributed by atoms with Crippen molar-refractivity contribution in [1.29, 1.82) is 0 Å². The van der Waals surface area contributed by atoms with Gasteiger partial charge in [-0.1, -0.05) is 12.1 Å². The predicted molar refractivity (Wildman–Crippen MR) is 100 cm³/mol. The first-order valence-electron chi connectivity index (χ1n) is 8.05. The molecule has 0 unspecified atom stereocenters. The van der Waals surface area contributed by atoms with Gasteiger partial charge in [-0.25, -0.2) is 9.97 Å². The lowest BCUT2D eigenvalue weighted by Crippen LogP contribution is -3.00. The Morgan fingerprint density at radius 3 is 2.68 bits per heavy atom. The summed E-state index contributed by atoms with van der Waals surface area (Å²) < 4.78 is 0. The van der Waals surface area contributed by atoms with Crippen molar-refractivity contribution in [2.24, 2.45) is 0 Å². The number of nitrogens with zero attached hydrogens (tertiary/aromatic N) is 1. The summed E-state index contributed by atoms with van der Waals surface area (Å²) in [4.78, 5) is 31.8. The van der Waals surface area contributed by atoms with Gasteiger partial charge < -0.3 is 22.7 Å². The number of hydrogen-bond acceptors (Lipinski definition) is 4. The van der Waals surface area contributed by atoms with Gasteiger partial charge in [-0.3, -0.25) is 20.6 Å². The molecule has 4 rings (SSSR count). The van der Waals surface area contributed by atoms with Gasteiger partial charge in [0, 0.05) is 34.3 Å². The number of nitro benzene ring substituents is 1. The van der Waals surface area contributed by atoms with E-state index in [1.54, 1.807) is 24.4 Å². The summed E-state index contributed by atoms with van der Waals surface area (Å²) >= 11 is 0. The summed E-state index contributed by atoms with van der Waals surface area (Å²) in [6, 6.07) is 13.3. The predicted octanol–water partition coefficient (Wildman–Crippen LogP) is -0.276. The molecule has 142 valence electrons. The Hall–Kier alpha value is -3.85. The van der Waals surface area contributed by atoms with Gasteiger partial charge in [0.05, 0.1) is 4.92 Å². The molecule has 0 aliphatic heterocycles. The maximum atomic E-state index is 12.5. The Labute approximate surface area is 164 Å². The van der Waals surface area contributed by atoms with E-state index in [2.05, 4.69) is 20.3 Å². The largest absolute Gasteiger partial charge is 1.00 e. The van der Waals surface area contributed by atoms with Gasteiger partial charge in [-0.15, -0.1) is 0 Å². The number of hydrogen-bond donors (Lipinski definition) is 4. The standard InChI is InChI=1S/C18H14N6O3.ClH/c19-18-20-9-16(23-18)10-2-1-3-12(6-10)21-17(25)15-8-11-7-13(24(26)27)4-5-14(11)22-15;/h1-9,22H,(H,21,25)(H3,19,20,23);1H. The fourth-order valence-electron chi connectivity index (χ4n) is 2.84. The second-order valence-corrected chi connectivity index (χ2v) is 5.99. The van der Waals surface area contributed by atoms with Crippen LogP contribution in [0, 0.1) is 10.1 Å². The smallest absolute Gasteiger partial charge is 0.350 e. The number of aromatic amines is 3. The van der Waals surface area contributed by atoms with Crippen LogP contribution in [-0.2, 0) is 0 Å². The Balaban J connectivity index is 0.00000225. The summed E-state index contributed by atoms with van der Waals surface area (Å²) in [7, 11) is 0. The summed E-state index contributed by atoms with van der Waals surface area (Å²) in [6.45, 7) is 0. The summed E-state index contributed by atoms with van der Waals surface area (Å²) in [5, 5.41) is 14.3. The third kappa shape index (κ3) is 3.64. The first-order valence-corrected chi connectivity index (χ1v) is 8.05. The molecule has 0 aliphatic rings. The van der Waals surface area contributed by atoms with Crippen LogP contribution in [0.4, 0.5) is 17.3 Å². The van der Waals surface area contributed by atoms with Crippen LogP contribution in [0.25, 0.3) is 22.2 Å². The van der Waals surface area contributed by atoms with Crippen molar-refractivity contribution >= 4 is 34.1 Å². The van der Waals surface area contributed by atoms with Crippen molar-refractivity contribution < 1.29 is 27.1 Å². The molecule has 28 heavy (non-hydrogen) atoms. The molecule has 0 atom stereocenters. The lowest BCUT2D eigenvalue weighted by atomic mass is 10.1. The third-order valence-corrected chi connectivity index (χ3v) is 4.13. The Bertz CT molecular complexity index is 1180. The molecule has 4 aromatic rings. The number of H-pyrrole nitrogens is 3. The van der Waals surface area contributed by atoms with Crippen LogP contribution in [0.1, 0.15) is 10.5 Å². The molecule has 2 aromatic heterocycles. The summed E-state index contributed by atoms with van der Waals surface area (Å²) in [5.74, 6) is 0.0928. The molecule has 0 radical (unpaired) electrons. The molecular formula is C18H15ClN6O3. The number of carbonyl (C=O) groups excluding carboxylic acids is 1. The average Bonchev–Trinajstić information content (AvgIpc) is 3.27. The minimum absolute atomic E-state index is 0. The monoisotopic (exact) mass is 398 g/mol. The minimum atomic E-state index is -0.470. The number of halogens is 1. The molecule has 0 bridgehead atoms. The number of nitrogens with two attached hydrogens (primary N) is 1. The Morgan fingerprint density at radius 2 is 1.96 bits per heavy atom. The first-order chi connectivity index (χ1) is 13.0. The van der Waals surface area contributed by atoms with E-state index in [0.29, 0.717) is 28.2 Å². The van der Waals surface area contributed by atoms with Crippen molar-refractivity contribution in [1.82, 2.24) is 9.97 Å². The second-order valence-electron chi connectivity index (χ2n) is 5.99. The minimum Gasteiger partial charge on any atom is -1.00 e. The third-order valence-electron chi connectivity index (χ3n) is 4.13. The number of fused-ring (bicyclic) bond motifs is 1. The van der Waals surface area contributed by atoms with Gasteiger partial charge in [0.25, 0.3) is 11.6 Å². The van der Waals surface area contributed by atoms with Crippen molar-refractivity contribution in [3.63, 3.8) is 0 Å². The molecule has 0 saturated heterocycles. The van der Waals surface area contributed by atoms with Crippen LogP contribution in [-0.4, -0.2) is 20.8 Å².